The first-order valence-corrected chi connectivity index (χ1v) is 15.9. The third-order valence-electron chi connectivity index (χ3n) is 7.28. The molecular weight excluding hydrogens is 569 g/mol. The van der Waals surface area contributed by atoms with Crippen LogP contribution in [0.2, 0.25) is 0 Å². The lowest BCUT2D eigenvalue weighted by atomic mass is 10.2. The van der Waals surface area contributed by atoms with E-state index in [0.29, 0.717) is 5.75 Å². The number of sulfonamides is 1. The average molecular weight is 599 g/mol. The SMILES string of the molecule is CN(Cc1ccccc1)S(=O)(=O)c1ccc(C(=O)Oc2ccc3nc(N4CCN(c5ccccc5)CC4)sc3c2)cc1. The van der Waals surface area contributed by atoms with E-state index in [4.69, 9.17) is 9.72 Å². The summed E-state index contributed by atoms with van der Waals surface area (Å²) in [6.45, 7) is 3.85. The lowest BCUT2D eigenvalue weighted by molar-refractivity contribution is 0.0735. The Balaban J connectivity index is 1.09. The number of fused-ring (bicyclic) bond motifs is 1. The molecule has 1 saturated heterocycles. The van der Waals surface area contributed by atoms with Crippen LogP contribution < -0.4 is 14.5 Å². The maximum absolute atomic E-state index is 13.0. The molecule has 0 unspecified atom stereocenters. The highest BCUT2D eigenvalue weighted by Crippen LogP contribution is 2.32. The van der Waals surface area contributed by atoms with Crippen LogP contribution in [0.25, 0.3) is 10.2 Å². The maximum atomic E-state index is 13.0. The van der Waals surface area contributed by atoms with Crippen molar-refractivity contribution < 1.29 is 17.9 Å². The van der Waals surface area contributed by atoms with E-state index in [1.54, 1.807) is 17.4 Å². The lowest BCUT2D eigenvalue weighted by Crippen LogP contribution is -2.46. The number of esters is 1. The van der Waals surface area contributed by atoms with Crippen LogP contribution in [0.1, 0.15) is 15.9 Å². The summed E-state index contributed by atoms with van der Waals surface area (Å²) in [6.07, 6.45) is 0. The number of hydrogen-bond donors (Lipinski definition) is 0. The van der Waals surface area contributed by atoms with Gasteiger partial charge in [0.2, 0.25) is 10.0 Å². The largest absolute Gasteiger partial charge is 0.423 e. The molecule has 0 saturated carbocycles. The molecule has 4 aromatic carbocycles. The van der Waals surface area contributed by atoms with Crippen LogP contribution in [0, 0.1) is 0 Å². The average Bonchev–Trinajstić information content (AvgIpc) is 3.46. The predicted octanol–water partition coefficient (Wildman–Crippen LogP) is 5.66. The molecule has 2 heterocycles. The van der Waals surface area contributed by atoms with Gasteiger partial charge in [-0.3, -0.25) is 0 Å². The van der Waals surface area contributed by atoms with E-state index in [1.807, 2.05) is 48.5 Å². The molecule has 214 valence electrons. The van der Waals surface area contributed by atoms with Crippen molar-refractivity contribution >= 4 is 48.4 Å². The van der Waals surface area contributed by atoms with Crippen LogP contribution >= 0.6 is 11.3 Å². The van der Waals surface area contributed by atoms with Crippen LogP contribution in [0.3, 0.4) is 0 Å². The van der Waals surface area contributed by atoms with Crippen LogP contribution in [0.4, 0.5) is 10.8 Å². The van der Waals surface area contributed by atoms with Crippen molar-refractivity contribution in [1.29, 1.82) is 0 Å². The van der Waals surface area contributed by atoms with Gasteiger partial charge in [-0.2, -0.15) is 4.31 Å². The monoisotopic (exact) mass is 598 g/mol. The normalized spacial score (nSPS) is 14.0. The number of aromatic nitrogens is 1. The van der Waals surface area contributed by atoms with E-state index in [2.05, 4.69) is 34.1 Å². The Morgan fingerprint density at radius 1 is 0.857 bits per heavy atom. The van der Waals surface area contributed by atoms with Crippen molar-refractivity contribution in [1.82, 2.24) is 9.29 Å². The van der Waals surface area contributed by atoms with Gasteiger partial charge in [-0.1, -0.05) is 59.9 Å². The highest BCUT2D eigenvalue weighted by Gasteiger charge is 2.23. The predicted molar refractivity (Wildman–Crippen MR) is 167 cm³/mol. The number of hydrogen-bond acceptors (Lipinski definition) is 8. The van der Waals surface area contributed by atoms with Gasteiger partial charge in [0.1, 0.15) is 5.75 Å². The second-order valence-electron chi connectivity index (χ2n) is 10.1. The molecule has 0 amide bonds. The summed E-state index contributed by atoms with van der Waals surface area (Å²) in [5.41, 5.74) is 3.24. The Morgan fingerprint density at radius 2 is 1.50 bits per heavy atom. The molecule has 5 aromatic rings. The van der Waals surface area contributed by atoms with Gasteiger partial charge in [0.25, 0.3) is 0 Å². The summed E-state index contributed by atoms with van der Waals surface area (Å²) in [4.78, 5) is 22.5. The van der Waals surface area contributed by atoms with E-state index < -0.39 is 16.0 Å². The zero-order valence-corrected chi connectivity index (χ0v) is 24.7. The Labute approximate surface area is 249 Å². The number of ether oxygens (including phenoxy) is 1. The first-order valence-electron chi connectivity index (χ1n) is 13.6. The second kappa shape index (κ2) is 11.9. The highest BCUT2D eigenvalue weighted by atomic mass is 32.2. The van der Waals surface area contributed by atoms with Gasteiger partial charge in [0.15, 0.2) is 5.13 Å². The summed E-state index contributed by atoms with van der Waals surface area (Å²) in [5, 5.41) is 0.954. The van der Waals surface area contributed by atoms with Crippen molar-refractivity contribution in [3.05, 3.63) is 114 Å². The van der Waals surface area contributed by atoms with Crippen molar-refractivity contribution in [2.24, 2.45) is 0 Å². The molecule has 8 nitrogen and oxygen atoms in total. The molecule has 42 heavy (non-hydrogen) atoms. The molecule has 0 spiro atoms. The molecule has 0 aliphatic carbocycles. The van der Waals surface area contributed by atoms with Gasteiger partial charge in [0.05, 0.1) is 20.7 Å². The fraction of sp³-hybridized carbons (Fsp3) is 0.188. The topological polar surface area (TPSA) is 83.0 Å². The summed E-state index contributed by atoms with van der Waals surface area (Å²) < 4.78 is 33.9. The highest BCUT2D eigenvalue weighted by molar-refractivity contribution is 7.89. The van der Waals surface area contributed by atoms with Crippen LogP contribution in [0.15, 0.2) is 108 Å². The summed E-state index contributed by atoms with van der Waals surface area (Å²) >= 11 is 1.58. The van der Waals surface area contributed by atoms with Crippen molar-refractivity contribution in [2.45, 2.75) is 11.4 Å². The summed E-state index contributed by atoms with van der Waals surface area (Å²) in [5.74, 6) is -0.145. The molecule has 1 aliphatic rings. The Morgan fingerprint density at radius 3 is 2.19 bits per heavy atom. The van der Waals surface area contributed by atoms with E-state index in [-0.39, 0.29) is 17.0 Å². The van der Waals surface area contributed by atoms with E-state index in [0.717, 1.165) is 47.1 Å². The Hall–Kier alpha value is -4.25. The standard InChI is InChI=1S/C32H30N4O4S2/c1-34(23-24-8-4-2-5-9-24)42(38,39)28-15-12-25(13-16-28)31(37)40-27-14-17-29-30(22-27)41-32(33-29)36-20-18-35(19-21-36)26-10-6-3-7-11-26/h2-17,22H,18-21,23H2,1H3. The van der Waals surface area contributed by atoms with E-state index >= 15 is 0 Å². The van der Waals surface area contributed by atoms with E-state index in [1.165, 1.54) is 41.3 Å². The van der Waals surface area contributed by atoms with Crippen molar-refractivity contribution in [2.75, 3.05) is 43.0 Å². The van der Waals surface area contributed by atoms with E-state index in [9.17, 15) is 13.2 Å². The zero-order valence-electron chi connectivity index (χ0n) is 23.1. The van der Waals surface area contributed by atoms with Gasteiger partial charge in [-0.15, -0.1) is 0 Å². The Kier molecular flexibility index (Phi) is 7.92. The quantitative estimate of drug-likeness (QED) is 0.168. The lowest BCUT2D eigenvalue weighted by Gasteiger charge is -2.35. The number of para-hydroxylation sites is 1. The first kappa shape index (κ1) is 27.9. The molecule has 0 atom stereocenters. The van der Waals surface area contributed by atoms with Gasteiger partial charge < -0.3 is 14.5 Å². The minimum absolute atomic E-state index is 0.112. The summed E-state index contributed by atoms with van der Waals surface area (Å²) in [6, 6.07) is 31.0. The number of rotatable bonds is 8. The molecule has 0 radical (unpaired) electrons. The minimum Gasteiger partial charge on any atom is -0.423 e. The fourth-order valence-corrected chi connectivity index (χ4v) is 7.13. The second-order valence-corrected chi connectivity index (χ2v) is 13.2. The van der Waals surface area contributed by atoms with Crippen molar-refractivity contribution in [3.63, 3.8) is 0 Å². The molecule has 6 rings (SSSR count). The van der Waals surface area contributed by atoms with Crippen molar-refractivity contribution in [3.8, 4) is 5.75 Å². The van der Waals surface area contributed by atoms with Crippen LogP contribution in [0.5, 0.6) is 5.75 Å². The minimum atomic E-state index is -3.72. The third kappa shape index (κ3) is 6.01. The molecule has 0 bridgehead atoms. The summed E-state index contributed by atoms with van der Waals surface area (Å²) in [7, 11) is -2.18. The van der Waals surface area contributed by atoms with Gasteiger partial charge in [0, 0.05) is 51.5 Å². The number of carbonyl (C=O) groups is 1. The molecule has 0 N–H and O–H groups in total. The number of carbonyl (C=O) groups excluding carboxylic acids is 1. The molecule has 1 aromatic heterocycles. The number of nitrogens with zero attached hydrogens (tertiary/aromatic N) is 4. The number of thiazole rings is 1. The number of benzene rings is 4. The maximum Gasteiger partial charge on any atom is 0.343 e. The smallest absolute Gasteiger partial charge is 0.343 e. The Bertz CT molecular complexity index is 1790. The van der Waals surface area contributed by atoms with Gasteiger partial charge >= 0.3 is 5.97 Å². The third-order valence-corrected chi connectivity index (χ3v) is 10.2. The molecule has 10 heteroatoms. The molecule has 1 aliphatic heterocycles. The van der Waals surface area contributed by atoms with Gasteiger partial charge in [-0.05, 0) is 54.1 Å². The van der Waals surface area contributed by atoms with Crippen LogP contribution in [-0.4, -0.2) is 56.9 Å². The first-order chi connectivity index (χ1) is 20.4. The number of anilines is 2. The fourth-order valence-electron chi connectivity index (χ4n) is 4.92. The number of piperazine rings is 1. The van der Waals surface area contributed by atoms with Crippen LogP contribution in [-0.2, 0) is 16.6 Å². The van der Waals surface area contributed by atoms with Gasteiger partial charge in [-0.25, -0.2) is 18.2 Å². The zero-order chi connectivity index (χ0) is 29.1. The molecule has 1 fully saturated rings. The molecular formula is C32H30N4O4S2.